The molecule has 1 saturated heterocycles. The summed E-state index contributed by atoms with van der Waals surface area (Å²) in [6.45, 7) is 8.89. The van der Waals surface area contributed by atoms with Crippen LogP contribution in [0, 0.1) is 0 Å². The Hall–Kier alpha value is -0.910. The number of hydrogen-bond acceptors (Lipinski definition) is 5. The third kappa shape index (κ3) is 4.89. The maximum atomic E-state index is 6.04. The first-order valence-corrected chi connectivity index (χ1v) is 7.65. The van der Waals surface area contributed by atoms with Crippen molar-refractivity contribution < 1.29 is 4.74 Å². The number of anilines is 1. The lowest BCUT2D eigenvalue weighted by molar-refractivity contribution is 0.0368. The van der Waals surface area contributed by atoms with Crippen LogP contribution in [0.5, 0.6) is 0 Å². The summed E-state index contributed by atoms with van der Waals surface area (Å²) in [6.07, 6.45) is 1.87. The molecule has 112 valence electrons. The van der Waals surface area contributed by atoms with Crippen molar-refractivity contribution in [3.05, 3.63) is 17.0 Å². The molecule has 1 aliphatic heterocycles. The second kappa shape index (κ2) is 7.76. The summed E-state index contributed by atoms with van der Waals surface area (Å²) in [6, 6.07) is 2.10. The molecule has 0 spiro atoms. The number of nitrogens with zero attached hydrogens (tertiary/aromatic N) is 3. The third-order valence-electron chi connectivity index (χ3n) is 3.24. The van der Waals surface area contributed by atoms with Gasteiger partial charge in [0.15, 0.2) is 0 Å². The zero-order chi connectivity index (χ0) is 14.4. The predicted octanol–water partition coefficient (Wildman–Crippen LogP) is 2.22. The van der Waals surface area contributed by atoms with E-state index in [0.29, 0.717) is 11.2 Å². The first kappa shape index (κ1) is 15.5. The first-order chi connectivity index (χ1) is 9.67. The molecule has 1 N–H and O–H groups in total. The minimum atomic E-state index is 0.313. The molecule has 0 bridgehead atoms. The van der Waals surface area contributed by atoms with Crippen LogP contribution in [0.3, 0.4) is 0 Å². The molecule has 1 aromatic rings. The quantitative estimate of drug-likeness (QED) is 0.816. The summed E-state index contributed by atoms with van der Waals surface area (Å²) in [4.78, 5) is 11.1. The summed E-state index contributed by atoms with van der Waals surface area (Å²) in [5.41, 5.74) is 0. The van der Waals surface area contributed by atoms with Crippen LogP contribution < -0.4 is 5.32 Å². The molecule has 0 saturated carbocycles. The molecule has 1 aromatic heterocycles. The van der Waals surface area contributed by atoms with Gasteiger partial charge < -0.3 is 10.1 Å². The Morgan fingerprint density at radius 3 is 2.85 bits per heavy atom. The van der Waals surface area contributed by atoms with Crippen LogP contribution >= 0.6 is 11.6 Å². The molecule has 1 unspecified atom stereocenters. The number of hydrogen-bond donors (Lipinski definition) is 1. The smallest absolute Gasteiger partial charge is 0.134 e. The molecule has 2 rings (SSSR count). The van der Waals surface area contributed by atoms with Gasteiger partial charge in [-0.15, -0.1) is 0 Å². The molecule has 5 nitrogen and oxygen atoms in total. The molecule has 1 atom stereocenters. The highest BCUT2D eigenvalue weighted by molar-refractivity contribution is 6.29. The van der Waals surface area contributed by atoms with Crippen LogP contribution in [-0.2, 0) is 11.2 Å². The molecule has 0 amide bonds. The van der Waals surface area contributed by atoms with Crippen molar-refractivity contribution in [2.24, 2.45) is 0 Å². The molecule has 0 aliphatic carbocycles. The van der Waals surface area contributed by atoms with Gasteiger partial charge in [0.2, 0.25) is 0 Å². The van der Waals surface area contributed by atoms with Crippen LogP contribution in [0.15, 0.2) is 6.07 Å². The Balaban J connectivity index is 1.90. The Labute approximate surface area is 125 Å². The number of aryl methyl sites for hydroxylation is 1. The monoisotopic (exact) mass is 298 g/mol. The molecule has 6 heteroatoms. The number of halogens is 1. The first-order valence-electron chi connectivity index (χ1n) is 7.27. The minimum Gasteiger partial charge on any atom is -0.379 e. The van der Waals surface area contributed by atoms with Crippen LogP contribution in [0.1, 0.15) is 26.1 Å². The highest BCUT2D eigenvalue weighted by Gasteiger charge is 2.14. The van der Waals surface area contributed by atoms with Crippen LogP contribution in [-0.4, -0.2) is 53.8 Å². The number of rotatable bonds is 6. The number of morpholine rings is 1. The normalized spacial score (nSPS) is 17.9. The number of nitrogens with one attached hydrogen (secondary N) is 1. The highest BCUT2D eigenvalue weighted by Crippen LogP contribution is 2.14. The largest absolute Gasteiger partial charge is 0.379 e. The minimum absolute atomic E-state index is 0.313. The van der Waals surface area contributed by atoms with E-state index in [-0.39, 0.29) is 0 Å². The zero-order valence-electron chi connectivity index (χ0n) is 12.2. The second-order valence-electron chi connectivity index (χ2n) is 5.20. The Morgan fingerprint density at radius 2 is 2.15 bits per heavy atom. The van der Waals surface area contributed by atoms with Gasteiger partial charge in [0, 0.05) is 38.2 Å². The van der Waals surface area contributed by atoms with E-state index in [0.717, 1.165) is 57.3 Å². The van der Waals surface area contributed by atoms with Crippen LogP contribution in [0.4, 0.5) is 5.82 Å². The highest BCUT2D eigenvalue weighted by atomic mass is 35.5. The van der Waals surface area contributed by atoms with Crippen molar-refractivity contribution in [2.75, 3.05) is 38.2 Å². The number of ether oxygens (including phenoxy) is 1. The summed E-state index contributed by atoms with van der Waals surface area (Å²) in [7, 11) is 0. The van der Waals surface area contributed by atoms with Gasteiger partial charge in [-0.25, -0.2) is 9.97 Å². The molecule has 2 heterocycles. The molecule has 0 aromatic carbocycles. The van der Waals surface area contributed by atoms with Crippen molar-refractivity contribution in [2.45, 2.75) is 32.7 Å². The van der Waals surface area contributed by atoms with E-state index in [1.165, 1.54) is 0 Å². The lowest BCUT2D eigenvalue weighted by Crippen LogP contribution is -2.42. The van der Waals surface area contributed by atoms with E-state index >= 15 is 0 Å². The average molecular weight is 299 g/mol. The zero-order valence-corrected chi connectivity index (χ0v) is 13.0. The van der Waals surface area contributed by atoms with E-state index in [9.17, 15) is 0 Å². The molecule has 20 heavy (non-hydrogen) atoms. The second-order valence-corrected chi connectivity index (χ2v) is 5.59. The Morgan fingerprint density at radius 1 is 1.40 bits per heavy atom. The van der Waals surface area contributed by atoms with Gasteiger partial charge in [-0.2, -0.15) is 0 Å². The number of aromatic nitrogens is 2. The van der Waals surface area contributed by atoms with Gasteiger partial charge in [0.25, 0.3) is 0 Å². The fourth-order valence-electron chi connectivity index (χ4n) is 2.34. The molecule has 0 radical (unpaired) electrons. The van der Waals surface area contributed by atoms with Crippen molar-refractivity contribution in [3.63, 3.8) is 0 Å². The van der Waals surface area contributed by atoms with Gasteiger partial charge in [-0.3, -0.25) is 4.90 Å². The van der Waals surface area contributed by atoms with Gasteiger partial charge >= 0.3 is 0 Å². The van der Waals surface area contributed by atoms with Crippen LogP contribution in [0.25, 0.3) is 0 Å². The van der Waals surface area contributed by atoms with Gasteiger partial charge in [0.05, 0.1) is 13.2 Å². The standard InChI is InChI=1S/C14H23ClN4O/c1-3-4-13-17-12(15)9-14(18-13)16-11(2)10-19-5-7-20-8-6-19/h9,11H,3-8,10H2,1-2H3,(H,16,17,18). The van der Waals surface area contributed by atoms with Crippen LogP contribution in [0.2, 0.25) is 5.15 Å². The van der Waals surface area contributed by atoms with E-state index in [1.807, 2.05) is 0 Å². The summed E-state index contributed by atoms with van der Waals surface area (Å²) >= 11 is 6.04. The summed E-state index contributed by atoms with van der Waals surface area (Å²) < 4.78 is 5.36. The SMILES string of the molecule is CCCc1nc(Cl)cc(NC(C)CN2CCOCC2)n1. The summed E-state index contributed by atoms with van der Waals surface area (Å²) in [5, 5.41) is 3.91. The van der Waals surface area contributed by atoms with Gasteiger partial charge in [-0.1, -0.05) is 18.5 Å². The molecular formula is C14H23ClN4O. The molecule has 1 aliphatic rings. The third-order valence-corrected chi connectivity index (χ3v) is 3.44. The van der Waals surface area contributed by atoms with E-state index in [2.05, 4.69) is 34.0 Å². The predicted molar refractivity (Wildman–Crippen MR) is 81.4 cm³/mol. The fourth-order valence-corrected chi connectivity index (χ4v) is 2.54. The lowest BCUT2D eigenvalue weighted by atomic mass is 10.3. The van der Waals surface area contributed by atoms with Gasteiger partial charge in [0.1, 0.15) is 16.8 Å². The topological polar surface area (TPSA) is 50.3 Å². The van der Waals surface area contributed by atoms with Crippen molar-refractivity contribution in [1.82, 2.24) is 14.9 Å². The summed E-state index contributed by atoms with van der Waals surface area (Å²) in [5.74, 6) is 1.62. The van der Waals surface area contributed by atoms with Crippen molar-refractivity contribution in [1.29, 1.82) is 0 Å². The maximum Gasteiger partial charge on any atom is 0.134 e. The lowest BCUT2D eigenvalue weighted by Gasteiger charge is -2.29. The van der Waals surface area contributed by atoms with Gasteiger partial charge in [-0.05, 0) is 13.3 Å². The van der Waals surface area contributed by atoms with E-state index in [1.54, 1.807) is 6.07 Å². The average Bonchev–Trinajstić information content (AvgIpc) is 2.39. The van der Waals surface area contributed by atoms with E-state index in [4.69, 9.17) is 16.3 Å². The van der Waals surface area contributed by atoms with Crippen molar-refractivity contribution >= 4 is 17.4 Å². The fraction of sp³-hybridized carbons (Fsp3) is 0.714. The Bertz CT molecular complexity index is 424. The Kier molecular flexibility index (Phi) is 6.01. The molecule has 1 fully saturated rings. The van der Waals surface area contributed by atoms with Crippen molar-refractivity contribution in [3.8, 4) is 0 Å². The van der Waals surface area contributed by atoms with E-state index < -0.39 is 0 Å². The maximum absolute atomic E-state index is 6.04. The molecular weight excluding hydrogens is 276 g/mol.